The van der Waals surface area contributed by atoms with Crippen LogP contribution in [0.25, 0.3) is 0 Å². The minimum atomic E-state index is -0.248. The molecule has 0 aliphatic rings. The van der Waals surface area contributed by atoms with Gasteiger partial charge in [0.1, 0.15) is 6.67 Å². The summed E-state index contributed by atoms with van der Waals surface area (Å²) < 4.78 is 11.5. The van der Waals surface area contributed by atoms with E-state index in [9.17, 15) is 4.39 Å². The highest BCUT2D eigenvalue weighted by Gasteiger charge is 1.92. The van der Waals surface area contributed by atoms with Gasteiger partial charge in [-0.05, 0) is 25.3 Å². The van der Waals surface area contributed by atoms with Gasteiger partial charge in [0.2, 0.25) is 0 Å². The Kier molecular flexibility index (Phi) is 6.93. The standard InChI is InChI=1S/C8H18FN/c1-8(2)4-3-6-10-7-5-9/h8,10H,3-7H2,1-2H3. The normalized spacial score (nSPS) is 10.8. The van der Waals surface area contributed by atoms with E-state index in [0.29, 0.717) is 6.54 Å². The molecular weight excluding hydrogens is 129 g/mol. The molecule has 0 radical (unpaired) electrons. The van der Waals surface area contributed by atoms with Gasteiger partial charge >= 0.3 is 0 Å². The Labute approximate surface area is 63.0 Å². The molecule has 0 amide bonds. The average Bonchev–Trinajstić information content (AvgIpc) is 1.87. The lowest BCUT2D eigenvalue weighted by Gasteiger charge is -2.03. The Bertz CT molecular complexity index is 64.3. The number of alkyl halides is 1. The fourth-order valence-corrected chi connectivity index (χ4v) is 0.827. The monoisotopic (exact) mass is 147 g/mol. The summed E-state index contributed by atoms with van der Waals surface area (Å²) in [5.74, 6) is 0.771. The highest BCUT2D eigenvalue weighted by atomic mass is 19.1. The number of nitrogens with one attached hydrogen (secondary N) is 1. The Morgan fingerprint density at radius 3 is 2.50 bits per heavy atom. The maximum absolute atomic E-state index is 11.5. The summed E-state index contributed by atoms with van der Waals surface area (Å²) in [5, 5.41) is 3.02. The molecule has 0 saturated heterocycles. The number of hydrogen-bond acceptors (Lipinski definition) is 1. The largest absolute Gasteiger partial charge is 0.314 e. The van der Waals surface area contributed by atoms with Gasteiger partial charge in [-0.25, -0.2) is 4.39 Å². The molecule has 2 heteroatoms. The zero-order chi connectivity index (χ0) is 7.82. The summed E-state index contributed by atoms with van der Waals surface area (Å²) in [5.41, 5.74) is 0. The molecule has 1 nitrogen and oxygen atoms in total. The molecule has 0 aromatic rings. The van der Waals surface area contributed by atoms with Crippen molar-refractivity contribution in [3.63, 3.8) is 0 Å². The fraction of sp³-hybridized carbons (Fsp3) is 1.00. The molecule has 0 aromatic carbocycles. The highest BCUT2D eigenvalue weighted by molar-refractivity contribution is 4.49. The second kappa shape index (κ2) is 7.00. The summed E-state index contributed by atoms with van der Waals surface area (Å²) in [6.45, 7) is 5.63. The van der Waals surface area contributed by atoms with E-state index in [-0.39, 0.29) is 6.67 Å². The Balaban J connectivity index is 2.77. The van der Waals surface area contributed by atoms with E-state index in [0.717, 1.165) is 18.9 Å². The smallest absolute Gasteiger partial charge is 0.102 e. The number of hydrogen-bond donors (Lipinski definition) is 1. The van der Waals surface area contributed by atoms with Crippen molar-refractivity contribution in [3.05, 3.63) is 0 Å². The lowest BCUT2D eigenvalue weighted by atomic mass is 10.1. The van der Waals surface area contributed by atoms with Crippen molar-refractivity contribution in [2.24, 2.45) is 5.92 Å². The van der Waals surface area contributed by atoms with Crippen molar-refractivity contribution in [3.8, 4) is 0 Å². The van der Waals surface area contributed by atoms with Crippen LogP contribution in [0.2, 0.25) is 0 Å². The molecule has 10 heavy (non-hydrogen) atoms. The Morgan fingerprint density at radius 2 is 2.00 bits per heavy atom. The van der Waals surface area contributed by atoms with Gasteiger partial charge in [0.15, 0.2) is 0 Å². The molecular formula is C8H18FN. The molecule has 0 atom stereocenters. The lowest BCUT2D eigenvalue weighted by Crippen LogP contribution is -2.18. The van der Waals surface area contributed by atoms with Crippen LogP contribution < -0.4 is 5.32 Å². The molecule has 0 fully saturated rings. The third-order valence-corrected chi connectivity index (χ3v) is 1.41. The summed E-state index contributed by atoms with van der Waals surface area (Å²) >= 11 is 0. The third-order valence-electron chi connectivity index (χ3n) is 1.41. The van der Waals surface area contributed by atoms with E-state index in [4.69, 9.17) is 0 Å². The molecule has 0 unspecified atom stereocenters. The molecule has 0 aliphatic heterocycles. The van der Waals surface area contributed by atoms with Crippen LogP contribution in [-0.2, 0) is 0 Å². The molecule has 0 aliphatic carbocycles. The van der Waals surface area contributed by atoms with Crippen molar-refractivity contribution in [2.45, 2.75) is 26.7 Å². The first-order valence-corrected chi connectivity index (χ1v) is 4.04. The van der Waals surface area contributed by atoms with Crippen LogP contribution in [0.15, 0.2) is 0 Å². The minimum Gasteiger partial charge on any atom is -0.314 e. The van der Waals surface area contributed by atoms with E-state index < -0.39 is 0 Å². The summed E-state index contributed by atoms with van der Waals surface area (Å²) in [6, 6.07) is 0. The first kappa shape index (κ1) is 9.89. The summed E-state index contributed by atoms with van der Waals surface area (Å²) in [6.07, 6.45) is 2.40. The van der Waals surface area contributed by atoms with Crippen molar-refractivity contribution in [1.29, 1.82) is 0 Å². The van der Waals surface area contributed by atoms with Gasteiger partial charge in [-0.2, -0.15) is 0 Å². The Morgan fingerprint density at radius 1 is 1.30 bits per heavy atom. The second-order valence-corrected chi connectivity index (χ2v) is 2.98. The summed E-state index contributed by atoms with van der Waals surface area (Å²) in [4.78, 5) is 0. The van der Waals surface area contributed by atoms with Crippen LogP contribution in [0.5, 0.6) is 0 Å². The van der Waals surface area contributed by atoms with Crippen LogP contribution >= 0.6 is 0 Å². The highest BCUT2D eigenvalue weighted by Crippen LogP contribution is 2.01. The molecule has 0 saturated carbocycles. The van der Waals surface area contributed by atoms with Crippen LogP contribution in [0.1, 0.15) is 26.7 Å². The molecule has 0 bridgehead atoms. The SMILES string of the molecule is CC(C)CCCNCCF. The molecule has 0 aromatic heterocycles. The molecule has 62 valence electrons. The molecule has 1 N–H and O–H groups in total. The minimum absolute atomic E-state index is 0.248. The average molecular weight is 147 g/mol. The number of rotatable bonds is 6. The van der Waals surface area contributed by atoms with Crippen molar-refractivity contribution in [1.82, 2.24) is 5.32 Å². The van der Waals surface area contributed by atoms with Gasteiger partial charge in [0.05, 0.1) is 0 Å². The molecule has 0 spiro atoms. The van der Waals surface area contributed by atoms with Crippen LogP contribution in [0.4, 0.5) is 4.39 Å². The van der Waals surface area contributed by atoms with Crippen molar-refractivity contribution in [2.75, 3.05) is 19.8 Å². The predicted octanol–water partition coefficient (Wildman–Crippen LogP) is 1.98. The zero-order valence-corrected chi connectivity index (χ0v) is 6.99. The van der Waals surface area contributed by atoms with Crippen molar-refractivity contribution < 1.29 is 4.39 Å². The fourth-order valence-electron chi connectivity index (χ4n) is 0.827. The van der Waals surface area contributed by atoms with Gasteiger partial charge in [-0.15, -0.1) is 0 Å². The van der Waals surface area contributed by atoms with Gasteiger partial charge in [0, 0.05) is 6.54 Å². The van der Waals surface area contributed by atoms with E-state index in [1.165, 1.54) is 6.42 Å². The van der Waals surface area contributed by atoms with Crippen molar-refractivity contribution >= 4 is 0 Å². The quantitative estimate of drug-likeness (QED) is 0.566. The Hall–Kier alpha value is -0.110. The zero-order valence-electron chi connectivity index (χ0n) is 6.99. The van der Waals surface area contributed by atoms with E-state index >= 15 is 0 Å². The van der Waals surface area contributed by atoms with E-state index in [2.05, 4.69) is 19.2 Å². The van der Waals surface area contributed by atoms with Crippen LogP contribution in [0.3, 0.4) is 0 Å². The predicted molar refractivity (Wildman–Crippen MR) is 42.9 cm³/mol. The lowest BCUT2D eigenvalue weighted by molar-refractivity contribution is 0.455. The summed E-state index contributed by atoms with van der Waals surface area (Å²) in [7, 11) is 0. The molecule has 0 heterocycles. The number of halogens is 1. The second-order valence-electron chi connectivity index (χ2n) is 2.98. The molecule has 0 rings (SSSR count). The topological polar surface area (TPSA) is 12.0 Å². The van der Waals surface area contributed by atoms with E-state index in [1.54, 1.807) is 0 Å². The first-order chi connectivity index (χ1) is 4.77. The van der Waals surface area contributed by atoms with Gasteiger partial charge < -0.3 is 5.32 Å². The van der Waals surface area contributed by atoms with Crippen LogP contribution in [0, 0.1) is 5.92 Å². The maximum Gasteiger partial charge on any atom is 0.102 e. The maximum atomic E-state index is 11.5. The van der Waals surface area contributed by atoms with Gasteiger partial charge in [-0.3, -0.25) is 0 Å². The van der Waals surface area contributed by atoms with Crippen LogP contribution in [-0.4, -0.2) is 19.8 Å². The first-order valence-electron chi connectivity index (χ1n) is 4.04. The van der Waals surface area contributed by atoms with E-state index in [1.807, 2.05) is 0 Å². The third kappa shape index (κ3) is 7.89. The van der Waals surface area contributed by atoms with Gasteiger partial charge in [0.25, 0.3) is 0 Å². The van der Waals surface area contributed by atoms with Gasteiger partial charge in [-0.1, -0.05) is 13.8 Å².